The van der Waals surface area contributed by atoms with Crippen LogP contribution in [0.1, 0.15) is 17.7 Å². The maximum atomic E-state index is 13.1. The van der Waals surface area contributed by atoms with Crippen molar-refractivity contribution in [1.82, 2.24) is 8.87 Å². The number of sulfonamides is 1. The van der Waals surface area contributed by atoms with Crippen molar-refractivity contribution in [3.8, 4) is 0 Å². The fourth-order valence-corrected chi connectivity index (χ4v) is 5.65. The number of carboxylic acids is 1. The number of likely N-dealkylation sites (N-methyl/N-ethyl adjacent to an activating group) is 1. The Balaban J connectivity index is 1.67. The Hall–Kier alpha value is -3.24. The Bertz CT molecular complexity index is 1280. The summed E-state index contributed by atoms with van der Waals surface area (Å²) in [5.41, 5.74) is 2.43. The number of nitro benzene ring substituents is 1. The van der Waals surface area contributed by atoms with Crippen molar-refractivity contribution in [2.45, 2.75) is 36.7 Å². The van der Waals surface area contributed by atoms with Crippen LogP contribution in [0.15, 0.2) is 53.4 Å². The molecule has 1 atom stereocenters. The van der Waals surface area contributed by atoms with E-state index in [0.29, 0.717) is 19.4 Å². The number of benzene rings is 2. The Morgan fingerprint density at radius 3 is 2.55 bits per heavy atom. The van der Waals surface area contributed by atoms with Gasteiger partial charge in [-0.1, -0.05) is 18.2 Å². The number of nitrogens with zero attached hydrogens (tertiary/aromatic N) is 3. The summed E-state index contributed by atoms with van der Waals surface area (Å²) in [4.78, 5) is 21.6. The van der Waals surface area contributed by atoms with E-state index in [-0.39, 0.29) is 23.0 Å². The largest absolute Gasteiger partial charge is 0.481 e. The van der Waals surface area contributed by atoms with Crippen LogP contribution in [0, 0.1) is 10.1 Å². The molecule has 0 saturated carbocycles. The second-order valence-corrected chi connectivity index (χ2v) is 9.59. The molecule has 162 valence electrons. The van der Waals surface area contributed by atoms with Gasteiger partial charge in [0.05, 0.1) is 16.2 Å². The molecule has 0 aliphatic carbocycles. The molecule has 1 aliphatic heterocycles. The van der Waals surface area contributed by atoms with Crippen molar-refractivity contribution in [2.24, 2.45) is 0 Å². The van der Waals surface area contributed by atoms with Crippen molar-refractivity contribution in [1.29, 1.82) is 0 Å². The number of non-ortho nitro benzene ring substituents is 1. The number of hydrogen-bond acceptors (Lipinski definition) is 5. The minimum absolute atomic E-state index is 0.00433. The smallest absolute Gasteiger partial charge is 0.307 e. The summed E-state index contributed by atoms with van der Waals surface area (Å²) in [5.74, 6) is -0.904. The lowest BCUT2D eigenvalue weighted by Gasteiger charge is -2.32. The van der Waals surface area contributed by atoms with Gasteiger partial charge in [0.2, 0.25) is 10.0 Å². The number of fused-ring (bicyclic) bond motifs is 3. The Labute approximate surface area is 178 Å². The van der Waals surface area contributed by atoms with Gasteiger partial charge in [0.25, 0.3) is 5.69 Å². The van der Waals surface area contributed by atoms with Gasteiger partial charge in [-0.3, -0.25) is 14.9 Å². The quantitative estimate of drug-likeness (QED) is 0.462. The summed E-state index contributed by atoms with van der Waals surface area (Å²) in [7, 11) is -2.34. The first-order valence-corrected chi connectivity index (χ1v) is 11.2. The van der Waals surface area contributed by atoms with Crippen LogP contribution in [0.4, 0.5) is 5.69 Å². The molecule has 1 aromatic heterocycles. The number of para-hydroxylation sites is 1. The molecule has 0 amide bonds. The van der Waals surface area contributed by atoms with Crippen LogP contribution in [0.25, 0.3) is 10.9 Å². The van der Waals surface area contributed by atoms with E-state index in [2.05, 4.69) is 0 Å². The van der Waals surface area contributed by atoms with Crippen molar-refractivity contribution in [3.05, 3.63) is 69.9 Å². The summed E-state index contributed by atoms with van der Waals surface area (Å²) in [6.45, 7) is 0.401. The second kappa shape index (κ2) is 7.78. The number of nitro groups is 1. The molecule has 0 saturated heterocycles. The summed E-state index contributed by atoms with van der Waals surface area (Å²) in [5, 5.41) is 21.1. The molecular formula is C21H21N3O6S. The topological polar surface area (TPSA) is 123 Å². The summed E-state index contributed by atoms with van der Waals surface area (Å²) in [6, 6.07) is 12.1. The molecule has 3 aromatic rings. The zero-order valence-corrected chi connectivity index (χ0v) is 17.6. The van der Waals surface area contributed by atoms with E-state index in [1.807, 2.05) is 28.8 Å². The standard InChI is InChI=1S/C21H21N3O6S/c1-22(31(29,30)16-9-6-14(7-10-16)24(27)28)15-8-11-20-18(12-21(25)26)17-4-2-3-5-19(17)23(20)13-15/h2-7,9-10,15H,8,11-13H2,1H3,(H,25,26). The highest BCUT2D eigenvalue weighted by Crippen LogP contribution is 2.33. The molecule has 1 unspecified atom stereocenters. The molecule has 0 bridgehead atoms. The van der Waals surface area contributed by atoms with Gasteiger partial charge in [-0.2, -0.15) is 4.31 Å². The molecule has 0 radical (unpaired) electrons. The predicted octanol–water partition coefficient (Wildman–Crippen LogP) is 2.81. The first-order chi connectivity index (χ1) is 14.7. The minimum Gasteiger partial charge on any atom is -0.481 e. The van der Waals surface area contributed by atoms with Crippen LogP contribution in [0.3, 0.4) is 0 Å². The fraction of sp³-hybridized carbons (Fsp3) is 0.286. The van der Waals surface area contributed by atoms with Crippen LogP contribution in [-0.2, 0) is 34.2 Å². The third-order valence-corrected chi connectivity index (χ3v) is 7.79. The van der Waals surface area contributed by atoms with Crippen LogP contribution in [0.5, 0.6) is 0 Å². The third-order valence-electron chi connectivity index (χ3n) is 5.87. The molecule has 0 fully saturated rings. The van der Waals surface area contributed by atoms with E-state index in [9.17, 15) is 28.4 Å². The molecule has 0 spiro atoms. The first kappa shape index (κ1) is 21.0. The second-order valence-electron chi connectivity index (χ2n) is 7.59. The molecule has 10 heteroatoms. The lowest BCUT2D eigenvalue weighted by Crippen LogP contribution is -2.42. The Kier molecular flexibility index (Phi) is 5.28. The summed E-state index contributed by atoms with van der Waals surface area (Å²) < 4.78 is 29.5. The maximum absolute atomic E-state index is 13.1. The van der Waals surface area contributed by atoms with Gasteiger partial charge in [-0.15, -0.1) is 0 Å². The SMILES string of the molecule is CN(C1CCc2c(CC(=O)O)c3ccccc3n2C1)S(=O)(=O)c1ccc([N+](=O)[O-])cc1. The van der Waals surface area contributed by atoms with Gasteiger partial charge in [0, 0.05) is 48.4 Å². The normalized spacial score (nSPS) is 16.4. The monoisotopic (exact) mass is 443 g/mol. The van der Waals surface area contributed by atoms with Gasteiger partial charge in [0.1, 0.15) is 0 Å². The summed E-state index contributed by atoms with van der Waals surface area (Å²) >= 11 is 0. The maximum Gasteiger partial charge on any atom is 0.307 e. The molecule has 2 aromatic carbocycles. The summed E-state index contributed by atoms with van der Waals surface area (Å²) in [6.07, 6.45) is 1.03. The lowest BCUT2D eigenvalue weighted by molar-refractivity contribution is -0.384. The van der Waals surface area contributed by atoms with Crippen LogP contribution >= 0.6 is 0 Å². The van der Waals surface area contributed by atoms with E-state index in [1.54, 1.807) is 0 Å². The number of aliphatic carboxylic acids is 1. The number of carboxylic acid groups (broad SMARTS) is 1. The highest BCUT2D eigenvalue weighted by Gasteiger charge is 2.33. The van der Waals surface area contributed by atoms with Crippen molar-refractivity contribution < 1.29 is 23.2 Å². The molecule has 31 heavy (non-hydrogen) atoms. The van der Waals surface area contributed by atoms with Crippen LogP contribution in [-0.4, -0.2) is 46.4 Å². The molecule has 1 N–H and O–H groups in total. The predicted molar refractivity (Wildman–Crippen MR) is 113 cm³/mol. The van der Waals surface area contributed by atoms with Crippen molar-refractivity contribution >= 4 is 32.6 Å². The van der Waals surface area contributed by atoms with Gasteiger partial charge >= 0.3 is 5.97 Å². The highest BCUT2D eigenvalue weighted by molar-refractivity contribution is 7.89. The lowest BCUT2D eigenvalue weighted by atomic mass is 10.0. The number of rotatable bonds is 6. The van der Waals surface area contributed by atoms with Crippen molar-refractivity contribution in [3.63, 3.8) is 0 Å². The van der Waals surface area contributed by atoms with Crippen LogP contribution < -0.4 is 0 Å². The molecular weight excluding hydrogens is 422 g/mol. The third kappa shape index (κ3) is 3.68. The van der Waals surface area contributed by atoms with E-state index in [1.165, 1.54) is 35.6 Å². The number of carbonyl (C=O) groups is 1. The van der Waals surface area contributed by atoms with Crippen molar-refractivity contribution in [2.75, 3.05) is 7.05 Å². The van der Waals surface area contributed by atoms with Gasteiger partial charge in [-0.25, -0.2) is 8.42 Å². The Morgan fingerprint density at radius 2 is 1.90 bits per heavy atom. The van der Waals surface area contributed by atoms with Gasteiger partial charge in [-0.05, 0) is 36.6 Å². The minimum atomic E-state index is -3.85. The van der Waals surface area contributed by atoms with E-state index in [0.717, 1.165) is 22.2 Å². The highest BCUT2D eigenvalue weighted by atomic mass is 32.2. The van der Waals surface area contributed by atoms with Gasteiger partial charge in [0.15, 0.2) is 0 Å². The van der Waals surface area contributed by atoms with Gasteiger partial charge < -0.3 is 9.67 Å². The number of aromatic nitrogens is 1. The zero-order chi connectivity index (χ0) is 22.3. The number of hydrogen-bond donors (Lipinski definition) is 1. The Morgan fingerprint density at radius 1 is 1.23 bits per heavy atom. The average molecular weight is 443 g/mol. The molecule has 4 rings (SSSR count). The molecule has 9 nitrogen and oxygen atoms in total. The fourth-order valence-electron chi connectivity index (χ4n) is 4.28. The first-order valence-electron chi connectivity index (χ1n) is 9.73. The molecule has 2 heterocycles. The van der Waals surface area contributed by atoms with E-state index >= 15 is 0 Å². The van der Waals surface area contributed by atoms with E-state index < -0.39 is 20.9 Å². The van der Waals surface area contributed by atoms with E-state index in [4.69, 9.17) is 0 Å². The molecule has 1 aliphatic rings. The van der Waals surface area contributed by atoms with Crippen LogP contribution in [0.2, 0.25) is 0 Å². The zero-order valence-electron chi connectivity index (χ0n) is 16.8. The average Bonchev–Trinajstić information content (AvgIpc) is 3.06.